The highest BCUT2D eigenvalue weighted by Crippen LogP contribution is 2.18. The highest BCUT2D eigenvalue weighted by molar-refractivity contribution is 5.95. The zero-order chi connectivity index (χ0) is 13.8. The summed E-state index contributed by atoms with van der Waals surface area (Å²) in [6, 6.07) is 3.04. The van der Waals surface area contributed by atoms with E-state index < -0.39 is 6.04 Å². The largest absolute Gasteiger partial charge is 0.322 e. The number of carbonyl (C=O) groups excluding carboxylic acids is 1. The number of nitrogens with two attached hydrogens (primary N) is 1. The second kappa shape index (κ2) is 5.62. The van der Waals surface area contributed by atoms with Gasteiger partial charge in [-0.25, -0.2) is 9.97 Å². The lowest BCUT2D eigenvalue weighted by molar-refractivity contribution is -0.117. The molecular weight excluding hydrogens is 242 g/mol. The maximum Gasteiger partial charge on any atom is 0.241 e. The Morgan fingerprint density at radius 2 is 2.26 bits per heavy atom. The predicted octanol–water partition coefficient (Wildman–Crippen LogP) is 1.25. The van der Waals surface area contributed by atoms with Gasteiger partial charge in [-0.05, 0) is 25.5 Å². The normalized spacial score (nSPS) is 12.2. The molecule has 2 aromatic rings. The van der Waals surface area contributed by atoms with Crippen LogP contribution in [-0.2, 0) is 4.79 Å². The van der Waals surface area contributed by atoms with Gasteiger partial charge in [-0.2, -0.15) is 0 Å². The van der Waals surface area contributed by atoms with Crippen LogP contribution in [0.1, 0.15) is 19.2 Å². The van der Waals surface area contributed by atoms with E-state index in [1.54, 1.807) is 30.7 Å². The van der Waals surface area contributed by atoms with E-state index in [1.807, 2.05) is 18.4 Å². The minimum atomic E-state index is -0.517. The van der Waals surface area contributed by atoms with E-state index in [1.165, 1.54) is 0 Å². The number of nitrogens with one attached hydrogen (secondary N) is 1. The quantitative estimate of drug-likeness (QED) is 0.865. The van der Waals surface area contributed by atoms with Gasteiger partial charge in [0.2, 0.25) is 5.91 Å². The Balaban J connectivity index is 2.32. The summed E-state index contributed by atoms with van der Waals surface area (Å²) in [5, 5.41) is 2.80. The summed E-state index contributed by atoms with van der Waals surface area (Å²) in [4.78, 5) is 20.3. The van der Waals surface area contributed by atoms with Crippen LogP contribution in [0.5, 0.6) is 0 Å². The van der Waals surface area contributed by atoms with Crippen molar-refractivity contribution in [1.29, 1.82) is 0 Å². The number of imidazole rings is 1. The zero-order valence-electron chi connectivity index (χ0n) is 11.0. The smallest absolute Gasteiger partial charge is 0.241 e. The average Bonchev–Trinajstić information content (AvgIpc) is 2.84. The highest BCUT2D eigenvalue weighted by atomic mass is 16.2. The maximum atomic E-state index is 11.9. The van der Waals surface area contributed by atoms with Gasteiger partial charge in [0.1, 0.15) is 5.82 Å². The highest BCUT2D eigenvalue weighted by Gasteiger charge is 2.14. The summed E-state index contributed by atoms with van der Waals surface area (Å²) >= 11 is 0. The Labute approximate surface area is 111 Å². The van der Waals surface area contributed by atoms with Gasteiger partial charge < -0.3 is 11.1 Å². The van der Waals surface area contributed by atoms with E-state index in [2.05, 4.69) is 15.3 Å². The summed E-state index contributed by atoms with van der Waals surface area (Å²) in [7, 11) is 0. The Hall–Kier alpha value is -2.21. The molecule has 0 aromatic carbocycles. The molecule has 100 valence electrons. The molecule has 3 N–H and O–H groups in total. The fraction of sp³-hybridized carbons (Fsp3) is 0.308. The summed E-state index contributed by atoms with van der Waals surface area (Å²) in [6.07, 6.45) is 5.75. The number of pyridine rings is 1. The zero-order valence-corrected chi connectivity index (χ0v) is 11.0. The SMILES string of the molecule is CCC(N)C(=O)Nc1cccnc1-n1ccnc1C. The van der Waals surface area contributed by atoms with Gasteiger partial charge in [0, 0.05) is 18.6 Å². The van der Waals surface area contributed by atoms with Gasteiger partial charge in [-0.3, -0.25) is 9.36 Å². The van der Waals surface area contributed by atoms with Crippen molar-refractivity contribution in [2.75, 3.05) is 5.32 Å². The first-order chi connectivity index (χ1) is 9.13. The van der Waals surface area contributed by atoms with E-state index >= 15 is 0 Å². The number of amides is 1. The predicted molar refractivity (Wildman–Crippen MR) is 73.0 cm³/mol. The number of anilines is 1. The van der Waals surface area contributed by atoms with Crippen molar-refractivity contribution in [2.45, 2.75) is 26.3 Å². The van der Waals surface area contributed by atoms with E-state index in [0.717, 1.165) is 5.82 Å². The summed E-state index contributed by atoms with van der Waals surface area (Å²) in [5.74, 6) is 1.22. The van der Waals surface area contributed by atoms with Gasteiger partial charge >= 0.3 is 0 Å². The van der Waals surface area contributed by atoms with Crippen LogP contribution in [0, 0.1) is 6.92 Å². The molecule has 0 spiro atoms. The van der Waals surface area contributed by atoms with Crippen molar-refractivity contribution >= 4 is 11.6 Å². The third kappa shape index (κ3) is 2.79. The molecule has 0 aliphatic carbocycles. The standard InChI is InChI=1S/C13H17N5O/c1-3-10(14)13(19)17-11-5-4-6-16-12(11)18-8-7-15-9(18)2/h4-8,10H,3,14H2,1-2H3,(H,17,19). The van der Waals surface area contributed by atoms with E-state index in [9.17, 15) is 4.79 Å². The number of rotatable bonds is 4. The second-order valence-electron chi connectivity index (χ2n) is 4.22. The molecular formula is C13H17N5O. The topological polar surface area (TPSA) is 85.8 Å². The van der Waals surface area contributed by atoms with Crippen LogP contribution in [0.4, 0.5) is 5.69 Å². The lowest BCUT2D eigenvalue weighted by Crippen LogP contribution is -2.35. The molecule has 0 fully saturated rings. The third-order valence-electron chi connectivity index (χ3n) is 2.88. The number of nitrogens with zero attached hydrogens (tertiary/aromatic N) is 3. The summed E-state index contributed by atoms with van der Waals surface area (Å²) in [5.41, 5.74) is 6.33. The number of hydrogen-bond donors (Lipinski definition) is 2. The van der Waals surface area contributed by atoms with Crippen molar-refractivity contribution in [2.24, 2.45) is 5.73 Å². The minimum Gasteiger partial charge on any atom is -0.322 e. The van der Waals surface area contributed by atoms with Crippen LogP contribution in [0.3, 0.4) is 0 Å². The van der Waals surface area contributed by atoms with Gasteiger partial charge in [0.05, 0.1) is 11.7 Å². The van der Waals surface area contributed by atoms with Gasteiger partial charge in [0.15, 0.2) is 5.82 Å². The first-order valence-electron chi connectivity index (χ1n) is 6.15. The molecule has 1 unspecified atom stereocenters. The molecule has 6 heteroatoms. The number of carbonyl (C=O) groups is 1. The minimum absolute atomic E-state index is 0.213. The van der Waals surface area contributed by atoms with Crippen LogP contribution in [0.25, 0.3) is 5.82 Å². The molecule has 0 aliphatic rings. The lowest BCUT2D eigenvalue weighted by atomic mass is 10.2. The van der Waals surface area contributed by atoms with Crippen LogP contribution in [0.2, 0.25) is 0 Å². The number of hydrogen-bond acceptors (Lipinski definition) is 4. The van der Waals surface area contributed by atoms with E-state index in [-0.39, 0.29) is 5.91 Å². The molecule has 2 rings (SSSR count). The first kappa shape index (κ1) is 13.2. The van der Waals surface area contributed by atoms with Crippen molar-refractivity contribution < 1.29 is 4.79 Å². The number of aromatic nitrogens is 3. The van der Waals surface area contributed by atoms with Crippen molar-refractivity contribution in [1.82, 2.24) is 14.5 Å². The van der Waals surface area contributed by atoms with Crippen LogP contribution in [0.15, 0.2) is 30.7 Å². The Kier molecular flexibility index (Phi) is 3.91. The van der Waals surface area contributed by atoms with Crippen LogP contribution < -0.4 is 11.1 Å². The second-order valence-corrected chi connectivity index (χ2v) is 4.22. The molecule has 0 radical (unpaired) electrons. The maximum absolute atomic E-state index is 11.9. The van der Waals surface area contributed by atoms with Gasteiger partial charge in [-0.15, -0.1) is 0 Å². The monoisotopic (exact) mass is 259 g/mol. The molecule has 0 saturated heterocycles. The van der Waals surface area contributed by atoms with E-state index in [4.69, 9.17) is 5.73 Å². The Bertz CT molecular complexity index is 578. The Morgan fingerprint density at radius 3 is 2.89 bits per heavy atom. The van der Waals surface area contributed by atoms with Crippen LogP contribution in [-0.4, -0.2) is 26.5 Å². The molecule has 2 aromatic heterocycles. The first-order valence-corrected chi connectivity index (χ1v) is 6.15. The fourth-order valence-electron chi connectivity index (χ4n) is 1.70. The third-order valence-corrected chi connectivity index (χ3v) is 2.88. The molecule has 1 atom stereocenters. The van der Waals surface area contributed by atoms with Crippen LogP contribution >= 0.6 is 0 Å². The van der Waals surface area contributed by atoms with Gasteiger partial charge in [-0.1, -0.05) is 6.92 Å². The molecule has 6 nitrogen and oxygen atoms in total. The molecule has 0 saturated carbocycles. The van der Waals surface area contributed by atoms with Crippen molar-refractivity contribution in [3.05, 3.63) is 36.5 Å². The Morgan fingerprint density at radius 1 is 1.47 bits per heavy atom. The summed E-state index contributed by atoms with van der Waals surface area (Å²) in [6.45, 7) is 3.74. The van der Waals surface area contributed by atoms with Crippen molar-refractivity contribution in [3.8, 4) is 5.82 Å². The van der Waals surface area contributed by atoms with Gasteiger partial charge in [0.25, 0.3) is 0 Å². The molecule has 0 aliphatic heterocycles. The molecule has 2 heterocycles. The number of aryl methyl sites for hydroxylation is 1. The van der Waals surface area contributed by atoms with Crippen molar-refractivity contribution in [3.63, 3.8) is 0 Å². The lowest BCUT2D eigenvalue weighted by Gasteiger charge is -2.14. The average molecular weight is 259 g/mol. The van der Waals surface area contributed by atoms with E-state index in [0.29, 0.717) is 17.9 Å². The molecule has 1 amide bonds. The summed E-state index contributed by atoms with van der Waals surface area (Å²) < 4.78 is 1.81. The molecule has 19 heavy (non-hydrogen) atoms. The fourth-order valence-corrected chi connectivity index (χ4v) is 1.70. The molecule has 0 bridgehead atoms.